The number of carbonyl (C=O) groups excluding carboxylic acids is 1. The van der Waals surface area contributed by atoms with Crippen LogP contribution in [0.3, 0.4) is 0 Å². The molecule has 4 aromatic rings. The highest BCUT2D eigenvalue weighted by Gasteiger charge is 2.31. The Balaban J connectivity index is 1.64. The number of amides is 2. The van der Waals surface area contributed by atoms with Gasteiger partial charge in [0.05, 0.1) is 11.1 Å². The molecular weight excluding hydrogens is 464 g/mol. The molecule has 2 amide bonds. The summed E-state index contributed by atoms with van der Waals surface area (Å²) in [7, 11) is 1.66. The lowest BCUT2D eigenvalue weighted by molar-refractivity contribution is -0.137. The summed E-state index contributed by atoms with van der Waals surface area (Å²) in [6.45, 7) is 3.64. The number of benzene rings is 2. The van der Waals surface area contributed by atoms with Gasteiger partial charge < -0.3 is 15.2 Å². The van der Waals surface area contributed by atoms with Gasteiger partial charge in [0.1, 0.15) is 5.82 Å². The van der Waals surface area contributed by atoms with E-state index >= 15 is 0 Å². The smallest absolute Gasteiger partial charge is 0.311 e. The number of fused-ring (bicyclic) bond motifs is 1. The summed E-state index contributed by atoms with van der Waals surface area (Å²) >= 11 is 0. The van der Waals surface area contributed by atoms with Gasteiger partial charge in [-0.15, -0.1) is 0 Å². The van der Waals surface area contributed by atoms with Gasteiger partial charge in [-0.1, -0.05) is 6.07 Å². The highest BCUT2D eigenvalue weighted by atomic mass is 19.4. The number of rotatable bonds is 3. The molecule has 2 aromatic heterocycles. The molecule has 2 N–H and O–H groups in total. The first kappa shape index (κ1) is 23.9. The molecule has 4 rings (SSSR count). The van der Waals surface area contributed by atoms with Crippen LogP contribution in [0.25, 0.3) is 22.0 Å². The molecule has 180 valence electrons. The highest BCUT2D eigenvalue weighted by molar-refractivity contribution is 6.00. The minimum absolute atomic E-state index is 0.243. The fourth-order valence-corrected chi connectivity index (χ4v) is 3.77. The molecule has 0 aliphatic heterocycles. The fraction of sp³-hybridized carbons (Fsp3) is 0.160. The van der Waals surface area contributed by atoms with Gasteiger partial charge >= 0.3 is 12.2 Å². The van der Waals surface area contributed by atoms with Gasteiger partial charge in [-0.25, -0.2) is 9.18 Å². The van der Waals surface area contributed by atoms with Crippen LogP contribution in [0, 0.1) is 19.7 Å². The van der Waals surface area contributed by atoms with E-state index in [4.69, 9.17) is 0 Å². The minimum atomic E-state index is -4.76. The Kier molecular flexibility index (Phi) is 6.06. The monoisotopic (exact) mass is 484 g/mol. The van der Waals surface area contributed by atoms with Crippen molar-refractivity contribution in [2.75, 3.05) is 10.6 Å². The van der Waals surface area contributed by atoms with Crippen LogP contribution in [0.2, 0.25) is 0 Å². The van der Waals surface area contributed by atoms with Gasteiger partial charge in [0, 0.05) is 41.3 Å². The number of nitrogens with one attached hydrogen (secondary N) is 2. The number of anilines is 2. The van der Waals surface area contributed by atoms with Crippen molar-refractivity contribution in [2.24, 2.45) is 7.05 Å². The molecule has 2 aromatic carbocycles. The Labute approximate surface area is 197 Å². The van der Waals surface area contributed by atoms with Crippen LogP contribution >= 0.6 is 0 Å². The van der Waals surface area contributed by atoms with Crippen LogP contribution in [0.15, 0.2) is 59.5 Å². The molecule has 0 unspecified atom stereocenters. The second-order valence-corrected chi connectivity index (χ2v) is 8.14. The zero-order valence-corrected chi connectivity index (χ0v) is 18.9. The summed E-state index contributed by atoms with van der Waals surface area (Å²) < 4.78 is 53.9. The van der Waals surface area contributed by atoms with Crippen LogP contribution in [-0.2, 0) is 13.2 Å². The van der Waals surface area contributed by atoms with Gasteiger partial charge in [-0.05, 0) is 67.4 Å². The van der Waals surface area contributed by atoms with Crippen LogP contribution in [0.4, 0.5) is 33.7 Å². The number of hydrogen-bond acceptors (Lipinski definition) is 3. The number of hydrogen-bond donors (Lipinski definition) is 2. The van der Waals surface area contributed by atoms with Gasteiger partial charge in [0.2, 0.25) is 0 Å². The number of alkyl halides is 3. The molecule has 0 saturated carbocycles. The molecule has 0 spiro atoms. The third-order valence-corrected chi connectivity index (χ3v) is 5.51. The standard InChI is InChI=1S/C25H20F4N4O2/c1-13-4-5-18(31-24(35)32-19-9-16(25(27,28)29)8-17(26)10-19)11-20(13)21-7-15-12-30-14(2)6-22(15)33(3)23(21)34/h4-12H,1-3H3,(H2,31,32,35). The van der Waals surface area contributed by atoms with Crippen molar-refractivity contribution < 1.29 is 22.4 Å². The van der Waals surface area contributed by atoms with E-state index in [2.05, 4.69) is 15.6 Å². The molecule has 0 saturated heterocycles. The third-order valence-electron chi connectivity index (χ3n) is 5.51. The molecule has 10 heteroatoms. The van der Waals surface area contributed by atoms with Gasteiger partial charge in [0.25, 0.3) is 5.56 Å². The van der Waals surface area contributed by atoms with Crippen molar-refractivity contribution >= 4 is 28.3 Å². The van der Waals surface area contributed by atoms with Gasteiger partial charge in [-0.2, -0.15) is 13.2 Å². The zero-order valence-electron chi connectivity index (χ0n) is 18.9. The van der Waals surface area contributed by atoms with Crippen LogP contribution in [0.5, 0.6) is 0 Å². The van der Waals surface area contributed by atoms with Crippen molar-refractivity contribution in [3.05, 3.63) is 87.7 Å². The van der Waals surface area contributed by atoms with E-state index in [1.54, 1.807) is 37.5 Å². The number of halogens is 4. The second-order valence-electron chi connectivity index (χ2n) is 8.14. The number of urea groups is 1. The molecule has 0 atom stereocenters. The van der Waals surface area contributed by atoms with Crippen molar-refractivity contribution in [1.29, 1.82) is 0 Å². The first-order chi connectivity index (χ1) is 16.4. The predicted octanol–water partition coefficient (Wildman–Crippen LogP) is 6.02. The normalized spacial score (nSPS) is 11.5. The molecule has 0 radical (unpaired) electrons. The molecule has 0 fully saturated rings. The Morgan fingerprint density at radius 2 is 1.66 bits per heavy atom. The first-order valence-corrected chi connectivity index (χ1v) is 10.5. The maximum atomic E-state index is 13.6. The lowest BCUT2D eigenvalue weighted by Gasteiger charge is -2.14. The molecular formula is C25H20F4N4O2. The lowest BCUT2D eigenvalue weighted by Crippen LogP contribution is -2.21. The number of aryl methyl sites for hydroxylation is 3. The largest absolute Gasteiger partial charge is 0.416 e. The van der Waals surface area contributed by atoms with E-state index in [0.717, 1.165) is 28.2 Å². The maximum Gasteiger partial charge on any atom is 0.416 e. The molecule has 6 nitrogen and oxygen atoms in total. The quantitative estimate of drug-likeness (QED) is 0.349. The van der Waals surface area contributed by atoms with Gasteiger partial charge in [0.15, 0.2) is 0 Å². The van der Waals surface area contributed by atoms with Crippen molar-refractivity contribution in [1.82, 2.24) is 9.55 Å². The molecule has 0 bridgehead atoms. The minimum Gasteiger partial charge on any atom is -0.311 e. The number of nitrogens with zero attached hydrogens (tertiary/aromatic N) is 2. The fourth-order valence-electron chi connectivity index (χ4n) is 3.77. The summed E-state index contributed by atoms with van der Waals surface area (Å²) in [5, 5.41) is 5.47. The van der Waals surface area contributed by atoms with Gasteiger partial charge in [-0.3, -0.25) is 9.78 Å². The summed E-state index contributed by atoms with van der Waals surface area (Å²) in [4.78, 5) is 29.8. The summed E-state index contributed by atoms with van der Waals surface area (Å²) in [6.07, 6.45) is -3.09. The molecule has 0 aliphatic rings. The SMILES string of the molecule is Cc1cc2c(cn1)cc(-c1cc(NC(=O)Nc3cc(F)cc(C(F)(F)F)c3)ccc1C)c(=O)n2C. The Hall–Kier alpha value is -4.21. The Bertz CT molecular complexity index is 1530. The maximum absolute atomic E-state index is 13.6. The topological polar surface area (TPSA) is 76.0 Å². The van der Waals surface area contributed by atoms with Crippen LogP contribution in [-0.4, -0.2) is 15.6 Å². The van der Waals surface area contributed by atoms with E-state index in [1.807, 2.05) is 19.9 Å². The van der Waals surface area contributed by atoms with Crippen molar-refractivity contribution in [3.63, 3.8) is 0 Å². The predicted molar refractivity (Wildman–Crippen MR) is 126 cm³/mol. The third kappa shape index (κ3) is 5.01. The number of aromatic nitrogens is 2. The number of carbonyl (C=O) groups is 1. The Morgan fingerprint density at radius 1 is 0.943 bits per heavy atom. The van der Waals surface area contributed by atoms with E-state index in [0.29, 0.717) is 28.9 Å². The van der Waals surface area contributed by atoms with Crippen molar-refractivity contribution in [2.45, 2.75) is 20.0 Å². The van der Waals surface area contributed by atoms with E-state index < -0.39 is 23.6 Å². The average Bonchev–Trinajstić information content (AvgIpc) is 2.77. The summed E-state index contributed by atoms with van der Waals surface area (Å²) in [5.74, 6) is -1.13. The molecule has 2 heterocycles. The lowest BCUT2D eigenvalue weighted by atomic mass is 9.99. The highest BCUT2D eigenvalue weighted by Crippen LogP contribution is 2.32. The van der Waals surface area contributed by atoms with E-state index in [-0.39, 0.29) is 11.2 Å². The second kappa shape index (κ2) is 8.86. The zero-order chi connectivity index (χ0) is 25.5. The van der Waals surface area contributed by atoms with Crippen molar-refractivity contribution in [3.8, 4) is 11.1 Å². The first-order valence-electron chi connectivity index (χ1n) is 10.5. The van der Waals surface area contributed by atoms with Crippen LogP contribution < -0.4 is 16.2 Å². The summed E-state index contributed by atoms with van der Waals surface area (Å²) in [5.41, 5.74) is 1.71. The number of pyridine rings is 2. The van der Waals surface area contributed by atoms with Crippen LogP contribution in [0.1, 0.15) is 16.8 Å². The van der Waals surface area contributed by atoms with E-state index in [9.17, 15) is 27.2 Å². The van der Waals surface area contributed by atoms with E-state index in [1.165, 1.54) is 4.57 Å². The Morgan fingerprint density at radius 3 is 2.37 bits per heavy atom. The molecule has 0 aliphatic carbocycles. The average molecular weight is 484 g/mol. The summed E-state index contributed by atoms with van der Waals surface area (Å²) in [6, 6.07) is 9.30. The molecule has 35 heavy (non-hydrogen) atoms.